The van der Waals surface area contributed by atoms with Crippen molar-refractivity contribution in [2.24, 2.45) is 11.8 Å². The SMILES string of the molecule is CCc1nc(N2C[C@@H]3C[C@H](C2)[C@H](C(=O)N2CCCOCC2)N2C(=O)CCC[C@@H]32)no1. The van der Waals surface area contributed by atoms with Crippen LogP contribution in [0.3, 0.4) is 0 Å². The van der Waals surface area contributed by atoms with Crippen LogP contribution in [-0.2, 0) is 20.7 Å². The standard InChI is InChI=1S/C21H31N5O4/c1-2-17-22-21(23-30-17)25-12-14-11-15(13-25)19(26-16(14)5-3-6-18(26)27)20(28)24-7-4-9-29-10-8-24/h14-16,19H,2-13H2,1H3/t14-,15+,16-,19+/m0/s1. The highest BCUT2D eigenvalue weighted by molar-refractivity contribution is 5.89. The Hall–Kier alpha value is -2.16. The summed E-state index contributed by atoms with van der Waals surface area (Å²) in [6.07, 6.45) is 4.95. The fraction of sp³-hybridized carbons (Fsp3) is 0.810. The number of fused-ring (bicyclic) bond motifs is 4. The van der Waals surface area contributed by atoms with Gasteiger partial charge in [0.25, 0.3) is 5.95 Å². The Morgan fingerprint density at radius 2 is 2.03 bits per heavy atom. The van der Waals surface area contributed by atoms with Gasteiger partial charge in [-0.2, -0.15) is 4.98 Å². The van der Waals surface area contributed by atoms with E-state index in [-0.39, 0.29) is 23.8 Å². The monoisotopic (exact) mass is 417 g/mol. The summed E-state index contributed by atoms with van der Waals surface area (Å²) in [4.78, 5) is 37.3. The summed E-state index contributed by atoms with van der Waals surface area (Å²) in [7, 11) is 0. The molecular formula is C21H31N5O4. The van der Waals surface area contributed by atoms with Crippen molar-refractivity contribution < 1.29 is 18.8 Å². The predicted molar refractivity (Wildman–Crippen MR) is 108 cm³/mol. The molecule has 4 fully saturated rings. The third kappa shape index (κ3) is 3.46. The highest BCUT2D eigenvalue weighted by Gasteiger charge is 2.53. The normalized spacial score (nSPS) is 32.0. The van der Waals surface area contributed by atoms with Gasteiger partial charge in [-0.3, -0.25) is 9.59 Å². The van der Waals surface area contributed by atoms with Gasteiger partial charge in [-0.25, -0.2) is 0 Å². The Balaban J connectivity index is 1.44. The van der Waals surface area contributed by atoms with E-state index in [1.54, 1.807) is 0 Å². The zero-order valence-electron chi connectivity index (χ0n) is 17.7. The van der Waals surface area contributed by atoms with Gasteiger partial charge >= 0.3 is 0 Å². The Morgan fingerprint density at radius 1 is 1.17 bits per heavy atom. The van der Waals surface area contributed by atoms with E-state index in [2.05, 4.69) is 15.0 Å². The molecule has 0 saturated carbocycles. The van der Waals surface area contributed by atoms with Crippen LogP contribution in [0, 0.1) is 11.8 Å². The van der Waals surface area contributed by atoms with Gasteiger partial charge in [0, 0.05) is 57.6 Å². The van der Waals surface area contributed by atoms with E-state index in [0.29, 0.717) is 63.4 Å². The number of hydrogen-bond acceptors (Lipinski definition) is 7. The number of aryl methyl sites for hydroxylation is 1. The first-order valence-electron chi connectivity index (χ1n) is 11.4. The van der Waals surface area contributed by atoms with Crippen molar-refractivity contribution in [2.45, 2.75) is 57.5 Å². The molecule has 5 heterocycles. The van der Waals surface area contributed by atoms with Crippen LogP contribution in [0.4, 0.5) is 5.95 Å². The van der Waals surface area contributed by atoms with Gasteiger partial charge in [-0.05, 0) is 36.8 Å². The van der Waals surface area contributed by atoms with Crippen molar-refractivity contribution in [1.82, 2.24) is 19.9 Å². The molecule has 9 heteroatoms. The molecule has 1 aromatic rings. The topological polar surface area (TPSA) is 92.0 Å². The van der Waals surface area contributed by atoms with Crippen molar-refractivity contribution in [3.8, 4) is 0 Å². The van der Waals surface area contributed by atoms with Crippen LogP contribution in [0.15, 0.2) is 4.52 Å². The van der Waals surface area contributed by atoms with Gasteiger partial charge in [0.1, 0.15) is 6.04 Å². The Kier molecular flexibility index (Phi) is 5.39. The minimum absolute atomic E-state index is 0.0855. The average molecular weight is 418 g/mol. The van der Waals surface area contributed by atoms with Crippen LogP contribution in [-0.4, -0.2) is 83.2 Å². The lowest BCUT2D eigenvalue weighted by Crippen LogP contribution is -2.68. The summed E-state index contributed by atoms with van der Waals surface area (Å²) in [5, 5.41) is 4.18. The molecule has 0 spiro atoms. The second kappa shape index (κ2) is 8.17. The van der Waals surface area contributed by atoms with E-state index >= 15 is 0 Å². The summed E-state index contributed by atoms with van der Waals surface area (Å²) in [6, 6.07) is -0.266. The van der Waals surface area contributed by atoms with Crippen molar-refractivity contribution >= 4 is 17.8 Å². The van der Waals surface area contributed by atoms with Crippen molar-refractivity contribution in [3.63, 3.8) is 0 Å². The number of carbonyl (C=O) groups is 2. The molecule has 1 aromatic heterocycles. The zero-order valence-corrected chi connectivity index (χ0v) is 17.7. The lowest BCUT2D eigenvalue weighted by molar-refractivity contribution is -0.161. The fourth-order valence-electron chi connectivity index (χ4n) is 5.81. The zero-order chi connectivity index (χ0) is 20.7. The van der Waals surface area contributed by atoms with E-state index in [1.165, 1.54) is 0 Å². The number of aromatic nitrogens is 2. The number of carbonyl (C=O) groups excluding carboxylic acids is 2. The number of rotatable bonds is 3. The van der Waals surface area contributed by atoms with E-state index in [1.807, 2.05) is 16.7 Å². The van der Waals surface area contributed by atoms with Gasteiger partial charge in [0.2, 0.25) is 17.7 Å². The van der Waals surface area contributed by atoms with Crippen LogP contribution in [0.25, 0.3) is 0 Å². The second-order valence-electron chi connectivity index (χ2n) is 9.00. The number of hydrogen-bond donors (Lipinski definition) is 0. The van der Waals surface area contributed by atoms with E-state index < -0.39 is 6.04 Å². The van der Waals surface area contributed by atoms with E-state index in [0.717, 1.165) is 32.2 Å². The molecule has 4 saturated heterocycles. The second-order valence-corrected chi connectivity index (χ2v) is 9.00. The maximum absolute atomic E-state index is 13.7. The van der Waals surface area contributed by atoms with Gasteiger partial charge in [0.05, 0.1) is 6.61 Å². The van der Waals surface area contributed by atoms with Crippen LogP contribution < -0.4 is 4.90 Å². The van der Waals surface area contributed by atoms with Gasteiger partial charge in [-0.15, -0.1) is 0 Å². The first-order valence-corrected chi connectivity index (χ1v) is 11.4. The van der Waals surface area contributed by atoms with Crippen LogP contribution in [0.1, 0.15) is 44.9 Å². The molecule has 2 amide bonds. The van der Waals surface area contributed by atoms with Crippen LogP contribution in [0.5, 0.6) is 0 Å². The fourth-order valence-corrected chi connectivity index (χ4v) is 5.81. The molecule has 4 aliphatic rings. The van der Waals surface area contributed by atoms with Gasteiger partial charge < -0.3 is 24.0 Å². The minimum atomic E-state index is -0.391. The van der Waals surface area contributed by atoms with E-state index in [9.17, 15) is 9.59 Å². The molecule has 4 atom stereocenters. The first-order chi connectivity index (χ1) is 14.7. The summed E-state index contributed by atoms with van der Waals surface area (Å²) in [5.41, 5.74) is 0. The molecule has 2 bridgehead atoms. The average Bonchev–Trinajstić information content (AvgIpc) is 3.08. The number of amides is 2. The van der Waals surface area contributed by atoms with Gasteiger partial charge in [-0.1, -0.05) is 6.92 Å². The molecule has 0 radical (unpaired) electrons. The summed E-state index contributed by atoms with van der Waals surface area (Å²) < 4.78 is 10.9. The lowest BCUT2D eigenvalue weighted by atomic mass is 9.71. The maximum Gasteiger partial charge on any atom is 0.266 e. The van der Waals surface area contributed by atoms with Gasteiger partial charge in [0.15, 0.2) is 0 Å². The van der Waals surface area contributed by atoms with Crippen LogP contribution >= 0.6 is 0 Å². The quantitative estimate of drug-likeness (QED) is 0.727. The number of ether oxygens (including phenoxy) is 1. The summed E-state index contributed by atoms with van der Waals surface area (Å²) in [5.74, 6) is 1.91. The summed E-state index contributed by atoms with van der Waals surface area (Å²) >= 11 is 0. The van der Waals surface area contributed by atoms with E-state index in [4.69, 9.17) is 9.26 Å². The largest absolute Gasteiger partial charge is 0.380 e. The van der Waals surface area contributed by atoms with Crippen LogP contribution in [0.2, 0.25) is 0 Å². The summed E-state index contributed by atoms with van der Waals surface area (Å²) in [6.45, 7) is 6.05. The molecule has 30 heavy (non-hydrogen) atoms. The number of nitrogens with zero attached hydrogens (tertiary/aromatic N) is 5. The molecule has 0 unspecified atom stereocenters. The molecule has 4 aliphatic heterocycles. The molecule has 0 aromatic carbocycles. The molecule has 0 aliphatic carbocycles. The van der Waals surface area contributed by atoms with Crippen molar-refractivity contribution in [3.05, 3.63) is 5.89 Å². The third-order valence-electron chi connectivity index (χ3n) is 7.17. The van der Waals surface area contributed by atoms with Crippen molar-refractivity contribution in [2.75, 3.05) is 44.3 Å². The Bertz CT molecular complexity index is 790. The first kappa shape index (κ1) is 19.8. The number of piperidine rings is 3. The molecule has 9 nitrogen and oxygen atoms in total. The molecule has 164 valence electrons. The Labute approximate surface area is 176 Å². The van der Waals surface area contributed by atoms with Crippen molar-refractivity contribution in [1.29, 1.82) is 0 Å². The highest BCUT2D eigenvalue weighted by Crippen LogP contribution is 2.42. The highest BCUT2D eigenvalue weighted by atomic mass is 16.5. The lowest BCUT2D eigenvalue weighted by Gasteiger charge is -2.56. The third-order valence-corrected chi connectivity index (χ3v) is 7.17. The molecule has 0 N–H and O–H groups in total. The number of anilines is 1. The smallest absolute Gasteiger partial charge is 0.266 e. The minimum Gasteiger partial charge on any atom is -0.380 e. The maximum atomic E-state index is 13.7. The predicted octanol–water partition coefficient (Wildman–Crippen LogP) is 1.09. The molecule has 5 rings (SSSR count). The Morgan fingerprint density at radius 3 is 2.87 bits per heavy atom. The molecular weight excluding hydrogens is 386 g/mol.